The quantitative estimate of drug-likeness (QED) is 0.795. The molecule has 56 valence electrons. The predicted octanol–water partition coefficient (Wildman–Crippen LogP) is 0.907. The van der Waals surface area contributed by atoms with Crippen LogP contribution in [0, 0.1) is 0 Å². The normalized spacial score (nSPS) is 9.45. The summed E-state index contributed by atoms with van der Waals surface area (Å²) in [4.78, 5) is 0. The summed E-state index contributed by atoms with van der Waals surface area (Å²) in [6, 6.07) is 10.6. The van der Waals surface area contributed by atoms with E-state index in [1.807, 2.05) is 6.07 Å². The molecule has 0 saturated heterocycles. The molecular formula is C9H11NSn. The van der Waals surface area contributed by atoms with Crippen LogP contribution in [0.15, 0.2) is 42.6 Å². The Balaban J connectivity index is 2.45. The van der Waals surface area contributed by atoms with Crippen LogP contribution in [0.2, 0.25) is 4.44 Å². The molecule has 0 aromatic heterocycles. The number of nitrogens with two attached hydrogens (primary N) is 1. The molecule has 1 rings (SSSR count). The fourth-order valence-corrected chi connectivity index (χ4v) is 3.22. The maximum absolute atomic E-state index is 5.49. The van der Waals surface area contributed by atoms with Crippen molar-refractivity contribution in [1.82, 2.24) is 0 Å². The fraction of sp³-hybridized carbons (Fsp3) is 0.111. The first-order valence-electron chi connectivity index (χ1n) is 3.51. The van der Waals surface area contributed by atoms with Crippen molar-refractivity contribution < 1.29 is 0 Å². The minimum absolute atomic E-state index is 0.448. The summed E-state index contributed by atoms with van der Waals surface area (Å²) in [6.07, 6.45) is 0. The summed E-state index contributed by atoms with van der Waals surface area (Å²) < 4.78 is 2.54. The molecule has 0 fully saturated rings. The topological polar surface area (TPSA) is 26.0 Å². The Hall–Kier alpha value is -0.441. The summed E-state index contributed by atoms with van der Waals surface area (Å²) in [7, 11) is 0. The summed E-state index contributed by atoms with van der Waals surface area (Å²) in [5.74, 6) is 0. The van der Waals surface area contributed by atoms with Crippen molar-refractivity contribution in [1.29, 1.82) is 0 Å². The molecule has 2 N–H and O–H groups in total. The Morgan fingerprint density at radius 1 is 1.36 bits per heavy atom. The van der Waals surface area contributed by atoms with Gasteiger partial charge in [0.1, 0.15) is 0 Å². The van der Waals surface area contributed by atoms with E-state index < -0.39 is 21.1 Å². The maximum atomic E-state index is 5.49. The van der Waals surface area contributed by atoms with E-state index >= 15 is 0 Å². The molecular weight excluding hydrogens is 241 g/mol. The standard InChI is InChI=1S/C6H5.C3H6N.Sn/c1-2-4-6-5-3-1;1-3(2)4;/h1-5H;1-2,4H2;. The van der Waals surface area contributed by atoms with E-state index in [1.165, 1.54) is 3.58 Å². The van der Waals surface area contributed by atoms with Gasteiger partial charge in [-0.15, -0.1) is 0 Å². The second-order valence-electron chi connectivity index (χ2n) is 2.38. The summed E-state index contributed by atoms with van der Waals surface area (Å²) >= 11 is -0.448. The van der Waals surface area contributed by atoms with E-state index in [-0.39, 0.29) is 0 Å². The molecule has 0 amide bonds. The van der Waals surface area contributed by atoms with Crippen molar-refractivity contribution >= 4 is 24.7 Å². The van der Waals surface area contributed by atoms with E-state index in [0.717, 1.165) is 10.1 Å². The van der Waals surface area contributed by atoms with Crippen LogP contribution in [0.5, 0.6) is 0 Å². The molecule has 1 aromatic rings. The molecule has 2 radical (unpaired) electrons. The van der Waals surface area contributed by atoms with Gasteiger partial charge in [0.2, 0.25) is 0 Å². The van der Waals surface area contributed by atoms with Gasteiger partial charge < -0.3 is 0 Å². The number of hydrogen-bond donors (Lipinski definition) is 1. The van der Waals surface area contributed by atoms with Crippen LogP contribution in [0.3, 0.4) is 0 Å². The van der Waals surface area contributed by atoms with Gasteiger partial charge in [0.05, 0.1) is 0 Å². The van der Waals surface area contributed by atoms with E-state index in [9.17, 15) is 0 Å². The van der Waals surface area contributed by atoms with Crippen LogP contribution in [0.4, 0.5) is 0 Å². The number of benzene rings is 1. The first kappa shape index (κ1) is 8.65. The van der Waals surface area contributed by atoms with Crippen molar-refractivity contribution in [2.75, 3.05) is 0 Å². The van der Waals surface area contributed by atoms with Crippen molar-refractivity contribution in [2.45, 2.75) is 4.44 Å². The van der Waals surface area contributed by atoms with Gasteiger partial charge in [-0.25, -0.2) is 0 Å². The zero-order chi connectivity index (χ0) is 8.10. The molecule has 1 nitrogen and oxygen atoms in total. The zero-order valence-electron chi connectivity index (χ0n) is 6.38. The first-order valence-corrected chi connectivity index (χ1v) is 6.96. The Morgan fingerprint density at radius 2 is 2.00 bits per heavy atom. The molecule has 0 aliphatic rings. The van der Waals surface area contributed by atoms with Crippen LogP contribution in [0.1, 0.15) is 0 Å². The van der Waals surface area contributed by atoms with Gasteiger partial charge in [-0.05, 0) is 0 Å². The third kappa shape index (κ3) is 3.46. The third-order valence-electron chi connectivity index (χ3n) is 1.29. The fourth-order valence-electron chi connectivity index (χ4n) is 0.772. The van der Waals surface area contributed by atoms with Gasteiger partial charge in [-0.3, -0.25) is 0 Å². The van der Waals surface area contributed by atoms with Crippen molar-refractivity contribution in [3.63, 3.8) is 0 Å². The third-order valence-corrected chi connectivity index (χ3v) is 5.21. The SMILES string of the molecule is C=C(N)[CH2][Sn][c]1ccccc1. The van der Waals surface area contributed by atoms with Crippen LogP contribution in [-0.4, -0.2) is 21.1 Å². The van der Waals surface area contributed by atoms with E-state index in [2.05, 4.69) is 30.8 Å². The van der Waals surface area contributed by atoms with E-state index in [0.29, 0.717) is 0 Å². The molecule has 11 heavy (non-hydrogen) atoms. The molecule has 2 heteroatoms. The van der Waals surface area contributed by atoms with Gasteiger partial charge in [0.25, 0.3) is 0 Å². The second-order valence-corrected chi connectivity index (χ2v) is 6.04. The summed E-state index contributed by atoms with van der Waals surface area (Å²) in [6.45, 7) is 3.69. The van der Waals surface area contributed by atoms with Crippen LogP contribution in [-0.2, 0) is 0 Å². The van der Waals surface area contributed by atoms with Crippen LogP contribution in [0.25, 0.3) is 0 Å². The average Bonchev–Trinajstić information content (AvgIpc) is 2.03. The molecule has 0 saturated carbocycles. The van der Waals surface area contributed by atoms with Gasteiger partial charge in [-0.2, -0.15) is 0 Å². The average molecular weight is 252 g/mol. The first-order chi connectivity index (χ1) is 5.29. The number of hydrogen-bond acceptors (Lipinski definition) is 1. The molecule has 0 aliphatic carbocycles. The van der Waals surface area contributed by atoms with Crippen molar-refractivity contribution in [3.8, 4) is 0 Å². The van der Waals surface area contributed by atoms with E-state index in [1.54, 1.807) is 0 Å². The Morgan fingerprint density at radius 3 is 2.55 bits per heavy atom. The molecule has 0 aliphatic heterocycles. The molecule has 0 unspecified atom stereocenters. The van der Waals surface area contributed by atoms with Gasteiger partial charge >= 0.3 is 77.5 Å². The van der Waals surface area contributed by atoms with Crippen molar-refractivity contribution in [2.24, 2.45) is 5.73 Å². The molecule has 0 heterocycles. The van der Waals surface area contributed by atoms with Crippen LogP contribution < -0.4 is 9.31 Å². The van der Waals surface area contributed by atoms with Gasteiger partial charge in [-0.1, -0.05) is 0 Å². The van der Waals surface area contributed by atoms with Crippen LogP contribution >= 0.6 is 0 Å². The Labute approximate surface area is 77.5 Å². The summed E-state index contributed by atoms with van der Waals surface area (Å²) in [5, 5.41) is 0. The second kappa shape index (κ2) is 4.44. The number of rotatable bonds is 3. The van der Waals surface area contributed by atoms with E-state index in [4.69, 9.17) is 5.73 Å². The minimum atomic E-state index is -0.448. The molecule has 0 bridgehead atoms. The van der Waals surface area contributed by atoms with Gasteiger partial charge in [0, 0.05) is 0 Å². The monoisotopic (exact) mass is 253 g/mol. The van der Waals surface area contributed by atoms with Crippen molar-refractivity contribution in [3.05, 3.63) is 42.6 Å². The van der Waals surface area contributed by atoms with Gasteiger partial charge in [0.15, 0.2) is 0 Å². The molecule has 0 spiro atoms. The Kier molecular flexibility index (Phi) is 3.49. The Bertz CT molecular complexity index is 231. The zero-order valence-corrected chi connectivity index (χ0v) is 9.23. The molecule has 0 atom stereocenters. The summed E-state index contributed by atoms with van der Waals surface area (Å²) in [5.41, 5.74) is 6.32. The predicted molar refractivity (Wildman–Crippen MR) is 50.0 cm³/mol. The molecule has 1 aromatic carbocycles. The number of allylic oxidation sites excluding steroid dienone is 1.